The molecule has 154 valence electrons. The fraction of sp³-hybridized carbons (Fsp3) is 0.261. The summed E-state index contributed by atoms with van der Waals surface area (Å²) in [5, 5.41) is 7.62. The van der Waals surface area contributed by atoms with Gasteiger partial charge in [-0.1, -0.05) is 43.3 Å². The molecule has 0 aliphatic carbocycles. The zero-order chi connectivity index (χ0) is 20.9. The van der Waals surface area contributed by atoms with Gasteiger partial charge in [-0.15, -0.1) is 0 Å². The van der Waals surface area contributed by atoms with E-state index in [0.29, 0.717) is 18.3 Å². The van der Waals surface area contributed by atoms with E-state index in [4.69, 9.17) is 9.47 Å². The van der Waals surface area contributed by atoms with E-state index in [0.717, 1.165) is 23.4 Å². The molecule has 30 heavy (non-hydrogen) atoms. The third kappa shape index (κ3) is 3.91. The maximum atomic E-state index is 13.0. The topological polar surface area (TPSA) is 78.3 Å². The zero-order valence-electron chi connectivity index (χ0n) is 17.0. The van der Waals surface area contributed by atoms with Crippen molar-refractivity contribution < 1.29 is 14.3 Å². The minimum Gasteiger partial charge on any atom is -0.465 e. The Kier molecular flexibility index (Phi) is 5.79. The summed E-state index contributed by atoms with van der Waals surface area (Å²) in [4.78, 5) is 17.3. The molecule has 1 N–H and O–H groups in total. The third-order valence-corrected chi connectivity index (χ3v) is 4.89. The molecular formula is C23H24N4O3. The molecular weight excluding hydrogens is 380 g/mol. The quantitative estimate of drug-likeness (QED) is 0.607. The maximum Gasteiger partial charge on any atom is 0.317 e. The first kappa shape index (κ1) is 19.7. The summed E-state index contributed by atoms with van der Waals surface area (Å²) >= 11 is 0. The van der Waals surface area contributed by atoms with Gasteiger partial charge in [0.25, 0.3) is 0 Å². The number of para-hydroxylation sites is 1. The minimum atomic E-state index is -0.564. The van der Waals surface area contributed by atoms with E-state index in [9.17, 15) is 4.79 Å². The minimum absolute atomic E-state index is 0.301. The van der Waals surface area contributed by atoms with E-state index < -0.39 is 12.0 Å². The number of carbonyl (C=O) groups is 1. The average Bonchev–Trinajstić information content (AvgIpc) is 3.22. The number of carbonyl (C=O) groups excluding carboxylic acids is 1. The molecule has 4 rings (SSSR count). The van der Waals surface area contributed by atoms with Gasteiger partial charge in [-0.2, -0.15) is 10.1 Å². The summed E-state index contributed by atoms with van der Waals surface area (Å²) in [7, 11) is 0. The number of benzene rings is 2. The summed E-state index contributed by atoms with van der Waals surface area (Å²) in [6.07, 6.45) is 4.25. The summed E-state index contributed by atoms with van der Waals surface area (Å²) in [5.41, 5.74) is 1.66. The Morgan fingerprint density at radius 2 is 1.93 bits per heavy atom. The highest BCUT2D eigenvalue weighted by Crippen LogP contribution is 2.39. The molecule has 0 amide bonds. The number of nitrogens with zero attached hydrogens (tertiary/aromatic N) is 3. The van der Waals surface area contributed by atoms with Gasteiger partial charge < -0.3 is 14.8 Å². The van der Waals surface area contributed by atoms with Crippen LogP contribution in [-0.2, 0) is 9.53 Å². The van der Waals surface area contributed by atoms with Crippen molar-refractivity contribution in [2.45, 2.75) is 26.3 Å². The average molecular weight is 404 g/mol. The van der Waals surface area contributed by atoms with Gasteiger partial charge in [0, 0.05) is 5.70 Å². The molecule has 2 heterocycles. The maximum absolute atomic E-state index is 13.0. The van der Waals surface area contributed by atoms with E-state index in [2.05, 4.69) is 15.4 Å². The molecule has 0 spiro atoms. The van der Waals surface area contributed by atoms with Crippen LogP contribution in [0.25, 0.3) is 0 Å². The van der Waals surface area contributed by atoms with Crippen molar-refractivity contribution in [3.8, 4) is 11.5 Å². The van der Waals surface area contributed by atoms with E-state index in [1.165, 1.54) is 6.33 Å². The fourth-order valence-electron chi connectivity index (χ4n) is 3.67. The molecule has 0 saturated carbocycles. The second-order valence-electron chi connectivity index (χ2n) is 6.88. The highest BCUT2D eigenvalue weighted by Gasteiger charge is 2.41. The normalized spacial score (nSPS) is 19.1. The number of anilines is 1. The van der Waals surface area contributed by atoms with Crippen molar-refractivity contribution in [3.05, 3.63) is 78.3 Å². The molecule has 0 bridgehead atoms. The number of aromatic nitrogens is 3. The molecule has 0 unspecified atom stereocenters. The van der Waals surface area contributed by atoms with Crippen LogP contribution >= 0.6 is 0 Å². The van der Waals surface area contributed by atoms with Gasteiger partial charge in [-0.3, -0.25) is 4.79 Å². The van der Waals surface area contributed by atoms with Crippen molar-refractivity contribution in [2.24, 2.45) is 5.92 Å². The Labute approximate surface area is 175 Å². The SMILES string of the molecule is CC/C=C1/Nc2ncnn2[C@H](c2cccc(Oc3ccccc3)c2)[C@H]1C(=O)OCC. The zero-order valence-corrected chi connectivity index (χ0v) is 17.0. The Morgan fingerprint density at radius 3 is 2.70 bits per heavy atom. The Balaban J connectivity index is 1.77. The van der Waals surface area contributed by atoms with Gasteiger partial charge >= 0.3 is 5.97 Å². The molecule has 0 saturated heterocycles. The lowest BCUT2D eigenvalue weighted by molar-refractivity contribution is -0.147. The molecule has 1 aliphatic heterocycles. The van der Waals surface area contributed by atoms with Crippen LogP contribution in [0.2, 0.25) is 0 Å². The fourth-order valence-corrected chi connectivity index (χ4v) is 3.67. The number of fused-ring (bicyclic) bond motifs is 1. The largest absolute Gasteiger partial charge is 0.465 e. The predicted molar refractivity (Wildman–Crippen MR) is 113 cm³/mol. The Bertz CT molecular complexity index is 1050. The highest BCUT2D eigenvalue weighted by atomic mass is 16.5. The van der Waals surface area contributed by atoms with E-state index in [1.807, 2.05) is 74.5 Å². The summed E-state index contributed by atoms with van der Waals surface area (Å²) in [5.74, 6) is 1.16. The van der Waals surface area contributed by atoms with E-state index >= 15 is 0 Å². The summed E-state index contributed by atoms with van der Waals surface area (Å²) < 4.78 is 13.2. The number of rotatable bonds is 6. The monoisotopic (exact) mass is 404 g/mol. The van der Waals surface area contributed by atoms with Crippen LogP contribution in [-0.4, -0.2) is 27.3 Å². The molecule has 0 fully saturated rings. The van der Waals surface area contributed by atoms with Crippen LogP contribution in [0.3, 0.4) is 0 Å². The number of hydrogen-bond acceptors (Lipinski definition) is 6. The van der Waals surface area contributed by atoms with Gasteiger partial charge in [0.1, 0.15) is 23.7 Å². The smallest absolute Gasteiger partial charge is 0.317 e. The number of nitrogens with one attached hydrogen (secondary N) is 1. The molecule has 0 radical (unpaired) electrons. The van der Waals surface area contributed by atoms with Crippen molar-refractivity contribution in [3.63, 3.8) is 0 Å². The number of esters is 1. The van der Waals surface area contributed by atoms with Gasteiger partial charge in [0.2, 0.25) is 5.95 Å². The van der Waals surface area contributed by atoms with Crippen LogP contribution in [0.1, 0.15) is 31.9 Å². The van der Waals surface area contributed by atoms with Gasteiger partial charge in [0.05, 0.1) is 12.6 Å². The second kappa shape index (κ2) is 8.82. The Morgan fingerprint density at radius 1 is 1.13 bits per heavy atom. The summed E-state index contributed by atoms with van der Waals surface area (Å²) in [6.45, 7) is 4.14. The second-order valence-corrected chi connectivity index (χ2v) is 6.88. The number of hydrogen-bond donors (Lipinski definition) is 1. The van der Waals surface area contributed by atoms with Crippen LogP contribution in [0.15, 0.2) is 72.7 Å². The lowest BCUT2D eigenvalue weighted by atomic mass is 9.88. The third-order valence-electron chi connectivity index (χ3n) is 4.89. The summed E-state index contributed by atoms with van der Waals surface area (Å²) in [6, 6.07) is 16.9. The Hall–Kier alpha value is -3.61. The molecule has 7 nitrogen and oxygen atoms in total. The first-order valence-electron chi connectivity index (χ1n) is 10.1. The molecule has 7 heteroatoms. The van der Waals surface area contributed by atoms with Crippen LogP contribution < -0.4 is 10.1 Å². The lowest BCUT2D eigenvalue weighted by Crippen LogP contribution is -2.38. The number of allylic oxidation sites excluding steroid dienone is 1. The standard InChI is InChI=1S/C23H24N4O3/c1-3-9-19-20(22(28)29-4-2)21(27-23(26-19)24-15-25-27)16-10-8-13-18(14-16)30-17-11-6-5-7-12-17/h5-15,20-21H,3-4H2,1-2H3,(H,24,25,26)/b19-9+/t20-,21+/m0/s1. The molecule has 2 aromatic carbocycles. The van der Waals surface area contributed by atoms with Crippen molar-refractivity contribution in [1.29, 1.82) is 0 Å². The first-order valence-corrected chi connectivity index (χ1v) is 10.1. The van der Waals surface area contributed by atoms with Gasteiger partial charge in [0.15, 0.2) is 0 Å². The predicted octanol–water partition coefficient (Wildman–Crippen LogP) is 4.56. The molecule has 1 aliphatic rings. The van der Waals surface area contributed by atoms with Crippen LogP contribution in [0.4, 0.5) is 5.95 Å². The lowest BCUT2D eigenvalue weighted by Gasteiger charge is -2.33. The van der Waals surface area contributed by atoms with E-state index in [1.54, 1.807) is 4.68 Å². The van der Waals surface area contributed by atoms with Gasteiger partial charge in [-0.25, -0.2) is 4.68 Å². The van der Waals surface area contributed by atoms with E-state index in [-0.39, 0.29) is 5.97 Å². The highest BCUT2D eigenvalue weighted by molar-refractivity contribution is 5.79. The number of ether oxygens (including phenoxy) is 2. The van der Waals surface area contributed by atoms with Crippen LogP contribution in [0, 0.1) is 5.92 Å². The molecule has 2 atom stereocenters. The molecule has 3 aromatic rings. The van der Waals surface area contributed by atoms with Crippen molar-refractivity contribution in [1.82, 2.24) is 14.8 Å². The van der Waals surface area contributed by atoms with Crippen LogP contribution in [0.5, 0.6) is 11.5 Å². The van der Waals surface area contributed by atoms with Gasteiger partial charge in [-0.05, 0) is 43.2 Å². The van der Waals surface area contributed by atoms with Crippen molar-refractivity contribution >= 4 is 11.9 Å². The molecule has 1 aromatic heterocycles. The first-order chi connectivity index (χ1) is 14.7. The van der Waals surface area contributed by atoms with Crippen molar-refractivity contribution in [2.75, 3.05) is 11.9 Å².